The minimum Gasteiger partial charge on any atom is -0.306 e. The third-order valence-corrected chi connectivity index (χ3v) is 2.98. The van der Waals surface area contributed by atoms with Gasteiger partial charge in [-0.05, 0) is 30.3 Å². The summed E-state index contributed by atoms with van der Waals surface area (Å²) in [6, 6.07) is 20.2. The number of carbonyl (C=O) groups is 1. The maximum atomic E-state index is 11.8. The Balaban J connectivity index is 1.76. The van der Waals surface area contributed by atoms with Gasteiger partial charge in [0.15, 0.2) is 0 Å². The van der Waals surface area contributed by atoms with Crippen molar-refractivity contribution >= 4 is 11.7 Å². The van der Waals surface area contributed by atoms with E-state index in [0.29, 0.717) is 11.0 Å². The number of benzene rings is 2. The van der Waals surface area contributed by atoms with Crippen LogP contribution in [0, 0.1) is 0 Å². The summed E-state index contributed by atoms with van der Waals surface area (Å²) in [4.78, 5) is 15.8. The van der Waals surface area contributed by atoms with Crippen molar-refractivity contribution in [3.05, 3.63) is 84.5 Å². The summed E-state index contributed by atoms with van der Waals surface area (Å²) >= 11 is 0. The van der Waals surface area contributed by atoms with Crippen molar-refractivity contribution in [1.29, 1.82) is 0 Å². The molecule has 0 radical (unpaired) electrons. The van der Waals surface area contributed by atoms with Crippen molar-refractivity contribution in [2.45, 2.75) is 0 Å². The van der Waals surface area contributed by atoms with Crippen LogP contribution in [0.2, 0.25) is 0 Å². The lowest BCUT2D eigenvalue weighted by Gasteiger charge is -2.03. The molecule has 3 rings (SSSR count). The Morgan fingerprint density at radius 3 is 2.27 bits per heavy atom. The van der Waals surface area contributed by atoms with E-state index in [1.54, 1.807) is 35.3 Å². The molecule has 5 heteroatoms. The molecule has 1 aromatic heterocycles. The van der Waals surface area contributed by atoms with Crippen molar-refractivity contribution < 1.29 is 4.79 Å². The maximum Gasteiger partial charge on any atom is 0.345 e. The molecule has 0 aliphatic rings. The minimum atomic E-state index is -0.425. The van der Waals surface area contributed by atoms with Crippen LogP contribution in [0.4, 0.5) is 10.5 Å². The van der Waals surface area contributed by atoms with Gasteiger partial charge in [0.1, 0.15) is 0 Å². The van der Waals surface area contributed by atoms with Gasteiger partial charge in [0, 0.05) is 11.9 Å². The first kappa shape index (κ1) is 13.8. The molecule has 0 unspecified atom stereocenters. The molecule has 0 bridgehead atoms. The lowest BCUT2D eigenvalue weighted by Crippen LogP contribution is -2.14. The first-order valence-corrected chi connectivity index (χ1v) is 6.82. The standard InChI is InChI=1S/C17H14N4O/c22-17(19-14-7-3-1-4-8-14)20-15-11-12-21(18-13-15)16-9-5-2-6-10-16/h1-13H,(H,19,22). The summed E-state index contributed by atoms with van der Waals surface area (Å²) < 4.78 is 1.72. The zero-order chi connectivity index (χ0) is 15.2. The number of hydrogen-bond acceptors (Lipinski definition) is 2. The minimum absolute atomic E-state index is 0.425. The normalized spacial score (nSPS) is 11.2. The zero-order valence-electron chi connectivity index (χ0n) is 11.8. The molecular weight excluding hydrogens is 276 g/mol. The Kier molecular flexibility index (Phi) is 4.06. The van der Waals surface area contributed by atoms with Gasteiger partial charge in [0.05, 0.1) is 17.2 Å². The number of hydrogen-bond donors (Lipinski definition) is 1. The van der Waals surface area contributed by atoms with Gasteiger partial charge in [-0.1, -0.05) is 36.4 Å². The summed E-state index contributed by atoms with van der Waals surface area (Å²) in [6.07, 6.45) is 3.32. The summed E-state index contributed by atoms with van der Waals surface area (Å²) in [6.45, 7) is 0. The molecule has 22 heavy (non-hydrogen) atoms. The Morgan fingerprint density at radius 2 is 1.64 bits per heavy atom. The Morgan fingerprint density at radius 1 is 0.955 bits per heavy atom. The van der Waals surface area contributed by atoms with Crippen LogP contribution in [0.25, 0.3) is 5.69 Å². The molecule has 1 heterocycles. The molecule has 5 nitrogen and oxygen atoms in total. The van der Waals surface area contributed by atoms with Crippen molar-refractivity contribution in [3.63, 3.8) is 0 Å². The summed E-state index contributed by atoms with van der Waals surface area (Å²) in [5.74, 6) is 0. The van der Waals surface area contributed by atoms with Gasteiger partial charge in [0.25, 0.3) is 0 Å². The van der Waals surface area contributed by atoms with Crippen molar-refractivity contribution in [1.82, 2.24) is 9.78 Å². The molecular formula is C17H14N4O. The fraction of sp³-hybridized carbons (Fsp3) is 0. The second-order valence-corrected chi connectivity index (χ2v) is 4.57. The van der Waals surface area contributed by atoms with E-state index < -0.39 is 6.03 Å². The van der Waals surface area contributed by atoms with Crippen molar-refractivity contribution in [2.75, 3.05) is 5.32 Å². The lowest BCUT2D eigenvalue weighted by molar-refractivity contribution is 0.259. The molecule has 0 aliphatic heterocycles. The van der Waals surface area contributed by atoms with Gasteiger partial charge in [-0.25, -0.2) is 9.48 Å². The van der Waals surface area contributed by atoms with Crippen LogP contribution in [0.1, 0.15) is 0 Å². The largest absolute Gasteiger partial charge is 0.345 e. The van der Waals surface area contributed by atoms with Gasteiger partial charge in [-0.3, -0.25) is 0 Å². The van der Waals surface area contributed by atoms with Gasteiger partial charge in [-0.2, -0.15) is 10.1 Å². The van der Waals surface area contributed by atoms with Crippen molar-refractivity contribution in [3.8, 4) is 5.69 Å². The third kappa shape index (κ3) is 3.46. The molecule has 1 N–H and O–H groups in total. The Labute approximate surface area is 127 Å². The van der Waals surface area contributed by atoms with E-state index in [9.17, 15) is 4.79 Å². The topological polar surface area (TPSA) is 59.3 Å². The van der Waals surface area contributed by atoms with Gasteiger partial charge >= 0.3 is 6.03 Å². The molecule has 0 saturated carbocycles. The fourth-order valence-electron chi connectivity index (χ4n) is 1.94. The van der Waals surface area contributed by atoms with Gasteiger partial charge in [-0.15, -0.1) is 0 Å². The highest BCUT2D eigenvalue weighted by Gasteiger charge is 1.98. The highest BCUT2D eigenvalue weighted by Crippen LogP contribution is 2.05. The predicted octanol–water partition coefficient (Wildman–Crippen LogP) is 3.01. The molecule has 0 spiro atoms. The molecule has 108 valence electrons. The van der Waals surface area contributed by atoms with Crippen LogP contribution in [0.3, 0.4) is 0 Å². The van der Waals surface area contributed by atoms with E-state index in [0.717, 1.165) is 5.69 Å². The molecule has 3 aromatic rings. The number of aromatic nitrogens is 2. The number of para-hydroxylation sites is 2. The quantitative estimate of drug-likeness (QED) is 0.788. The van der Waals surface area contributed by atoms with E-state index in [4.69, 9.17) is 0 Å². The predicted molar refractivity (Wildman–Crippen MR) is 84.6 cm³/mol. The molecule has 2 amide bonds. The van der Waals surface area contributed by atoms with E-state index in [1.165, 1.54) is 0 Å². The molecule has 0 atom stereocenters. The number of amides is 2. The van der Waals surface area contributed by atoms with Crippen LogP contribution >= 0.6 is 0 Å². The second kappa shape index (κ2) is 6.49. The fourth-order valence-corrected chi connectivity index (χ4v) is 1.94. The smallest absolute Gasteiger partial charge is 0.306 e. The van der Waals surface area contributed by atoms with E-state index in [1.807, 2.05) is 48.5 Å². The zero-order valence-corrected chi connectivity index (χ0v) is 11.8. The van der Waals surface area contributed by atoms with Crippen molar-refractivity contribution in [2.24, 2.45) is 4.99 Å². The van der Waals surface area contributed by atoms with E-state index in [2.05, 4.69) is 15.4 Å². The van der Waals surface area contributed by atoms with Crippen LogP contribution < -0.4 is 10.7 Å². The third-order valence-electron chi connectivity index (χ3n) is 2.98. The monoisotopic (exact) mass is 290 g/mol. The molecule has 0 saturated heterocycles. The van der Waals surface area contributed by atoms with Gasteiger partial charge < -0.3 is 5.32 Å². The number of carbonyl (C=O) groups excluding carboxylic acids is 1. The highest BCUT2D eigenvalue weighted by molar-refractivity contribution is 5.89. The summed E-state index contributed by atoms with van der Waals surface area (Å²) in [5, 5.41) is 7.45. The van der Waals surface area contributed by atoms with Crippen LogP contribution in [0.15, 0.2) is 84.1 Å². The SMILES string of the molecule is O=C(N=c1ccn(-c2ccccc2)nc1)Nc1ccccc1. The molecule has 2 aromatic carbocycles. The lowest BCUT2D eigenvalue weighted by atomic mass is 10.3. The number of urea groups is 1. The number of nitrogens with zero attached hydrogens (tertiary/aromatic N) is 3. The van der Waals surface area contributed by atoms with Crippen LogP contribution in [-0.2, 0) is 0 Å². The van der Waals surface area contributed by atoms with Gasteiger partial charge in [0.2, 0.25) is 0 Å². The molecule has 0 fully saturated rings. The number of anilines is 1. The highest BCUT2D eigenvalue weighted by atomic mass is 16.2. The average Bonchev–Trinajstić information content (AvgIpc) is 2.57. The second-order valence-electron chi connectivity index (χ2n) is 4.57. The van der Waals surface area contributed by atoms with Crippen LogP contribution in [0.5, 0.6) is 0 Å². The number of nitrogens with one attached hydrogen (secondary N) is 1. The maximum absolute atomic E-state index is 11.8. The Bertz CT molecular complexity index is 806. The summed E-state index contributed by atoms with van der Waals surface area (Å²) in [5.41, 5.74) is 1.65. The van der Waals surface area contributed by atoms with Crippen LogP contribution in [-0.4, -0.2) is 15.8 Å². The Hall–Kier alpha value is -3.21. The molecule has 0 aliphatic carbocycles. The van der Waals surface area contributed by atoms with E-state index >= 15 is 0 Å². The summed E-state index contributed by atoms with van der Waals surface area (Å²) in [7, 11) is 0. The average molecular weight is 290 g/mol. The number of rotatable bonds is 2. The first-order valence-electron chi connectivity index (χ1n) is 6.82. The first-order chi connectivity index (χ1) is 10.8. The van der Waals surface area contributed by atoms with E-state index in [-0.39, 0.29) is 0 Å².